The van der Waals surface area contributed by atoms with E-state index in [1.165, 1.54) is 18.2 Å². The summed E-state index contributed by atoms with van der Waals surface area (Å²) in [4.78, 5) is 10.4. The monoisotopic (exact) mass is 284 g/mol. The molecule has 0 saturated heterocycles. The van der Waals surface area contributed by atoms with Crippen molar-refractivity contribution in [2.75, 3.05) is 7.11 Å². The second-order valence-corrected chi connectivity index (χ2v) is 4.15. The molecule has 0 heterocycles. The molecule has 0 aliphatic rings. The number of nitro benzene ring substituents is 1. The number of para-hydroxylation sites is 1. The number of ether oxygens (including phenoxy) is 2. The summed E-state index contributed by atoms with van der Waals surface area (Å²) in [7, 11) is 1.54. The van der Waals surface area contributed by atoms with Gasteiger partial charge in [0, 0.05) is 11.6 Å². The Labute approximate surface area is 121 Å². The molecule has 0 aliphatic carbocycles. The number of hydrogen-bond acceptors (Lipinski definition) is 5. The van der Waals surface area contributed by atoms with Crippen LogP contribution in [0.5, 0.6) is 11.5 Å². The van der Waals surface area contributed by atoms with Crippen molar-refractivity contribution in [3.8, 4) is 17.6 Å². The number of rotatable bonds is 5. The van der Waals surface area contributed by atoms with Gasteiger partial charge in [0.05, 0.1) is 23.7 Å². The molecule has 2 aromatic carbocycles. The predicted molar refractivity (Wildman–Crippen MR) is 75.1 cm³/mol. The van der Waals surface area contributed by atoms with E-state index in [4.69, 9.17) is 14.7 Å². The number of nitro groups is 1. The highest BCUT2D eigenvalue weighted by Gasteiger charge is 2.16. The summed E-state index contributed by atoms with van der Waals surface area (Å²) < 4.78 is 10.7. The first-order chi connectivity index (χ1) is 10.2. The molecule has 0 N–H and O–H groups in total. The van der Waals surface area contributed by atoms with E-state index < -0.39 is 4.92 Å². The number of methoxy groups -OCH3 is 1. The van der Waals surface area contributed by atoms with Gasteiger partial charge in [-0.1, -0.05) is 18.2 Å². The lowest BCUT2D eigenvalue weighted by atomic mass is 10.2. The highest BCUT2D eigenvalue weighted by Crippen LogP contribution is 2.29. The van der Waals surface area contributed by atoms with Crippen molar-refractivity contribution in [3.63, 3.8) is 0 Å². The van der Waals surface area contributed by atoms with Crippen LogP contribution in [-0.2, 0) is 6.61 Å². The molecule has 0 radical (unpaired) electrons. The molecule has 6 nitrogen and oxygen atoms in total. The van der Waals surface area contributed by atoms with Gasteiger partial charge in [-0.25, -0.2) is 0 Å². The van der Waals surface area contributed by atoms with Crippen LogP contribution in [-0.4, -0.2) is 12.0 Å². The molecule has 0 fully saturated rings. The average Bonchev–Trinajstić information content (AvgIpc) is 2.52. The molecular formula is C15H12N2O4. The molecular weight excluding hydrogens is 272 g/mol. The molecule has 0 amide bonds. The number of nitrogens with zero attached hydrogens (tertiary/aromatic N) is 2. The van der Waals surface area contributed by atoms with Crippen molar-refractivity contribution < 1.29 is 14.4 Å². The minimum atomic E-state index is -0.571. The van der Waals surface area contributed by atoms with E-state index in [0.29, 0.717) is 5.75 Å². The van der Waals surface area contributed by atoms with Crippen LogP contribution in [0.3, 0.4) is 0 Å². The van der Waals surface area contributed by atoms with Crippen LogP contribution in [0.1, 0.15) is 11.1 Å². The molecule has 6 heteroatoms. The SMILES string of the molecule is COc1ccccc1COc1ccc(C#N)cc1[N+](=O)[O-]. The summed E-state index contributed by atoms with van der Waals surface area (Å²) in [5.41, 5.74) is 0.758. The standard InChI is InChI=1S/C15H12N2O4/c1-20-14-5-3-2-4-12(14)10-21-15-7-6-11(9-16)8-13(15)17(18)19/h2-8H,10H2,1H3. The molecule has 0 aromatic heterocycles. The number of benzene rings is 2. The maximum Gasteiger partial charge on any atom is 0.312 e. The highest BCUT2D eigenvalue weighted by atomic mass is 16.6. The third-order valence-corrected chi connectivity index (χ3v) is 2.86. The van der Waals surface area contributed by atoms with Gasteiger partial charge in [0.15, 0.2) is 5.75 Å². The summed E-state index contributed by atoms with van der Waals surface area (Å²) in [6, 6.07) is 13.2. The van der Waals surface area contributed by atoms with E-state index >= 15 is 0 Å². The van der Waals surface area contributed by atoms with Crippen LogP contribution in [0.25, 0.3) is 0 Å². The van der Waals surface area contributed by atoms with Crippen molar-refractivity contribution in [2.45, 2.75) is 6.61 Å². The van der Waals surface area contributed by atoms with Gasteiger partial charge in [-0.15, -0.1) is 0 Å². The van der Waals surface area contributed by atoms with E-state index in [0.717, 1.165) is 5.56 Å². The summed E-state index contributed by atoms with van der Waals surface area (Å²) in [6.45, 7) is 0.136. The normalized spacial score (nSPS) is 9.71. The van der Waals surface area contributed by atoms with Gasteiger partial charge in [0.2, 0.25) is 0 Å². The molecule has 0 unspecified atom stereocenters. The minimum Gasteiger partial charge on any atom is -0.496 e. The smallest absolute Gasteiger partial charge is 0.312 e. The van der Waals surface area contributed by atoms with Crippen molar-refractivity contribution in [1.82, 2.24) is 0 Å². The van der Waals surface area contributed by atoms with E-state index in [9.17, 15) is 10.1 Å². The lowest BCUT2D eigenvalue weighted by molar-refractivity contribution is -0.386. The van der Waals surface area contributed by atoms with Gasteiger partial charge in [0.25, 0.3) is 0 Å². The Morgan fingerprint density at radius 3 is 2.67 bits per heavy atom. The molecule has 106 valence electrons. The Hall–Kier alpha value is -3.07. The summed E-state index contributed by atoms with van der Waals surface area (Å²) in [5, 5.41) is 19.8. The van der Waals surface area contributed by atoms with E-state index in [-0.39, 0.29) is 23.6 Å². The molecule has 0 saturated carbocycles. The van der Waals surface area contributed by atoms with Crippen LogP contribution < -0.4 is 9.47 Å². The molecule has 0 spiro atoms. The van der Waals surface area contributed by atoms with Crippen molar-refractivity contribution in [1.29, 1.82) is 5.26 Å². The zero-order chi connectivity index (χ0) is 15.2. The Bertz CT molecular complexity index is 707. The quantitative estimate of drug-likeness (QED) is 0.622. The minimum absolute atomic E-state index is 0.116. The van der Waals surface area contributed by atoms with Gasteiger partial charge in [0.1, 0.15) is 12.4 Å². The molecule has 21 heavy (non-hydrogen) atoms. The Balaban J connectivity index is 2.24. The fraction of sp³-hybridized carbons (Fsp3) is 0.133. The highest BCUT2D eigenvalue weighted by molar-refractivity contribution is 5.51. The molecule has 2 aromatic rings. The predicted octanol–water partition coefficient (Wildman–Crippen LogP) is 3.05. The first kappa shape index (κ1) is 14.3. The fourth-order valence-corrected chi connectivity index (χ4v) is 1.83. The van der Waals surface area contributed by atoms with Crippen LogP contribution in [0, 0.1) is 21.4 Å². The second-order valence-electron chi connectivity index (χ2n) is 4.15. The molecule has 0 atom stereocenters. The number of hydrogen-bond donors (Lipinski definition) is 0. The molecule has 2 rings (SSSR count). The first-order valence-corrected chi connectivity index (χ1v) is 6.09. The van der Waals surface area contributed by atoms with Gasteiger partial charge in [-0.2, -0.15) is 5.26 Å². The third kappa shape index (κ3) is 3.28. The third-order valence-electron chi connectivity index (χ3n) is 2.86. The average molecular weight is 284 g/mol. The summed E-state index contributed by atoms with van der Waals surface area (Å²) >= 11 is 0. The maximum absolute atomic E-state index is 11.0. The Morgan fingerprint density at radius 2 is 2.00 bits per heavy atom. The van der Waals surface area contributed by atoms with Gasteiger partial charge >= 0.3 is 5.69 Å². The summed E-state index contributed by atoms with van der Waals surface area (Å²) in [5.74, 6) is 0.763. The van der Waals surface area contributed by atoms with Crippen LogP contribution in [0.2, 0.25) is 0 Å². The number of nitriles is 1. The van der Waals surface area contributed by atoms with Gasteiger partial charge < -0.3 is 9.47 Å². The Morgan fingerprint density at radius 1 is 1.24 bits per heavy atom. The first-order valence-electron chi connectivity index (χ1n) is 6.09. The van der Waals surface area contributed by atoms with Crippen molar-refractivity contribution in [3.05, 3.63) is 63.7 Å². The fourth-order valence-electron chi connectivity index (χ4n) is 1.83. The van der Waals surface area contributed by atoms with Crippen molar-refractivity contribution >= 4 is 5.69 Å². The van der Waals surface area contributed by atoms with E-state index in [1.807, 2.05) is 24.3 Å². The largest absolute Gasteiger partial charge is 0.496 e. The van der Waals surface area contributed by atoms with Gasteiger partial charge in [-0.3, -0.25) is 10.1 Å². The molecule has 0 bridgehead atoms. The zero-order valence-corrected chi connectivity index (χ0v) is 11.3. The van der Waals surface area contributed by atoms with E-state index in [1.54, 1.807) is 13.2 Å². The second kappa shape index (κ2) is 6.39. The lowest BCUT2D eigenvalue weighted by Gasteiger charge is -2.10. The lowest BCUT2D eigenvalue weighted by Crippen LogP contribution is -2.01. The summed E-state index contributed by atoms with van der Waals surface area (Å²) in [6.07, 6.45) is 0. The van der Waals surface area contributed by atoms with Crippen LogP contribution in [0.15, 0.2) is 42.5 Å². The van der Waals surface area contributed by atoms with Crippen molar-refractivity contribution in [2.24, 2.45) is 0 Å². The Kier molecular flexibility index (Phi) is 4.36. The van der Waals surface area contributed by atoms with Crippen LogP contribution in [0.4, 0.5) is 5.69 Å². The van der Waals surface area contributed by atoms with Crippen LogP contribution >= 0.6 is 0 Å². The van der Waals surface area contributed by atoms with Gasteiger partial charge in [-0.05, 0) is 18.2 Å². The van der Waals surface area contributed by atoms with E-state index in [2.05, 4.69) is 0 Å². The maximum atomic E-state index is 11.0. The topological polar surface area (TPSA) is 85.4 Å². The zero-order valence-electron chi connectivity index (χ0n) is 11.3. The molecule has 0 aliphatic heterocycles.